The van der Waals surface area contributed by atoms with E-state index < -0.39 is 10.0 Å². The van der Waals surface area contributed by atoms with Crippen molar-refractivity contribution in [2.75, 3.05) is 45.1 Å². The van der Waals surface area contributed by atoms with Crippen LogP contribution in [0.25, 0.3) is 0 Å². The van der Waals surface area contributed by atoms with Crippen LogP contribution < -0.4 is 10.5 Å². The molecule has 1 saturated heterocycles. The summed E-state index contributed by atoms with van der Waals surface area (Å²) in [6.45, 7) is 4.54. The summed E-state index contributed by atoms with van der Waals surface area (Å²) < 4.78 is 33.2. The van der Waals surface area contributed by atoms with Gasteiger partial charge >= 0.3 is 0 Å². The third-order valence-corrected chi connectivity index (χ3v) is 4.76. The van der Waals surface area contributed by atoms with Crippen molar-refractivity contribution in [3.8, 4) is 0 Å². The van der Waals surface area contributed by atoms with E-state index in [4.69, 9.17) is 10.5 Å². The van der Waals surface area contributed by atoms with Gasteiger partial charge in [0.15, 0.2) is 0 Å². The first kappa shape index (κ1) is 15.2. The Bertz CT molecular complexity index is 536. The largest absolute Gasteiger partial charge is 0.383 e. The molecule has 20 heavy (non-hydrogen) atoms. The first-order valence-corrected chi connectivity index (χ1v) is 8.06. The second-order valence-electron chi connectivity index (χ2n) is 4.72. The number of nitrogens with zero attached hydrogens (tertiary/aromatic N) is 3. The molecule has 1 aliphatic rings. The first-order valence-electron chi connectivity index (χ1n) is 6.58. The Labute approximate surface area is 118 Å². The van der Waals surface area contributed by atoms with Crippen LogP contribution in [0.1, 0.15) is 6.42 Å². The average molecular weight is 303 g/mol. The molecule has 2 heterocycles. The number of nitrogen functional groups attached to an aromatic ring is 1. The van der Waals surface area contributed by atoms with Gasteiger partial charge in [0.25, 0.3) is 0 Å². The van der Waals surface area contributed by atoms with E-state index in [2.05, 4.69) is 14.7 Å². The Morgan fingerprint density at radius 3 is 2.75 bits per heavy atom. The number of sulfonamides is 1. The lowest BCUT2D eigenvalue weighted by Gasteiger charge is -2.26. The number of nitrogens with one attached hydrogen (secondary N) is 1. The Hall–Kier alpha value is -1.16. The molecule has 0 bridgehead atoms. The van der Waals surface area contributed by atoms with E-state index in [1.165, 1.54) is 10.9 Å². The van der Waals surface area contributed by atoms with Crippen molar-refractivity contribution in [1.29, 1.82) is 0 Å². The van der Waals surface area contributed by atoms with Gasteiger partial charge in [0, 0.05) is 26.7 Å². The summed E-state index contributed by atoms with van der Waals surface area (Å²) in [5.74, 6) is 0.144. The van der Waals surface area contributed by atoms with E-state index in [9.17, 15) is 8.42 Å². The molecule has 9 heteroatoms. The second-order valence-corrected chi connectivity index (χ2v) is 6.46. The monoisotopic (exact) mass is 303 g/mol. The van der Waals surface area contributed by atoms with Crippen molar-refractivity contribution in [2.45, 2.75) is 11.3 Å². The highest BCUT2D eigenvalue weighted by Crippen LogP contribution is 2.15. The summed E-state index contributed by atoms with van der Waals surface area (Å²) in [6.07, 6.45) is 2.01. The van der Waals surface area contributed by atoms with E-state index in [-0.39, 0.29) is 10.7 Å². The van der Waals surface area contributed by atoms with Crippen molar-refractivity contribution in [3.63, 3.8) is 0 Å². The molecule has 0 aromatic carbocycles. The molecular formula is C11H21N5O3S. The molecule has 0 amide bonds. The zero-order valence-electron chi connectivity index (χ0n) is 11.6. The molecular weight excluding hydrogens is 282 g/mol. The van der Waals surface area contributed by atoms with E-state index in [0.29, 0.717) is 6.54 Å². The minimum absolute atomic E-state index is 0.0337. The predicted octanol–water partition coefficient (Wildman–Crippen LogP) is -0.997. The normalized spacial score (nSPS) is 17.4. The Morgan fingerprint density at radius 1 is 1.45 bits per heavy atom. The molecule has 0 radical (unpaired) electrons. The zero-order valence-corrected chi connectivity index (χ0v) is 12.4. The van der Waals surface area contributed by atoms with Gasteiger partial charge in [-0.1, -0.05) is 0 Å². The highest BCUT2D eigenvalue weighted by molar-refractivity contribution is 7.89. The fourth-order valence-electron chi connectivity index (χ4n) is 2.05. The Balaban J connectivity index is 1.79. The number of aryl methyl sites for hydroxylation is 1. The highest BCUT2D eigenvalue weighted by atomic mass is 32.2. The summed E-state index contributed by atoms with van der Waals surface area (Å²) in [5, 5.41) is 3.83. The molecule has 0 unspecified atom stereocenters. The van der Waals surface area contributed by atoms with E-state index in [1.807, 2.05) is 0 Å². The van der Waals surface area contributed by atoms with E-state index in [1.54, 1.807) is 7.05 Å². The molecule has 0 atom stereocenters. The third-order valence-electron chi connectivity index (χ3n) is 3.29. The molecule has 8 nitrogen and oxygen atoms in total. The highest BCUT2D eigenvalue weighted by Gasteiger charge is 2.20. The zero-order chi connectivity index (χ0) is 14.6. The van der Waals surface area contributed by atoms with Gasteiger partial charge in [0.2, 0.25) is 10.0 Å². The van der Waals surface area contributed by atoms with Gasteiger partial charge in [-0.05, 0) is 13.0 Å². The molecule has 1 fully saturated rings. The van der Waals surface area contributed by atoms with Gasteiger partial charge in [-0.3, -0.25) is 9.58 Å². The predicted molar refractivity (Wildman–Crippen MR) is 74.7 cm³/mol. The standard InChI is InChI=1S/C11H21N5O3S/c1-15-11(12)10(9-13-15)20(17,18)14-3-2-4-16-5-7-19-8-6-16/h9,14H,2-8,12H2,1H3. The lowest BCUT2D eigenvalue weighted by atomic mass is 10.3. The van der Waals surface area contributed by atoms with Crippen LogP contribution in [0.4, 0.5) is 5.82 Å². The van der Waals surface area contributed by atoms with E-state index in [0.717, 1.165) is 39.3 Å². The summed E-state index contributed by atoms with van der Waals surface area (Å²) in [4.78, 5) is 2.29. The molecule has 0 aliphatic carbocycles. The Morgan fingerprint density at radius 2 is 2.15 bits per heavy atom. The van der Waals surface area contributed by atoms with Crippen molar-refractivity contribution in [2.24, 2.45) is 7.05 Å². The van der Waals surface area contributed by atoms with Gasteiger partial charge in [0.1, 0.15) is 10.7 Å². The fourth-order valence-corrected chi connectivity index (χ4v) is 3.21. The fraction of sp³-hybridized carbons (Fsp3) is 0.727. The number of aromatic nitrogens is 2. The number of ether oxygens (including phenoxy) is 1. The van der Waals surface area contributed by atoms with Gasteiger partial charge < -0.3 is 10.5 Å². The lowest BCUT2D eigenvalue weighted by Crippen LogP contribution is -2.38. The molecule has 0 spiro atoms. The van der Waals surface area contributed by atoms with Crippen molar-refractivity contribution in [1.82, 2.24) is 19.4 Å². The van der Waals surface area contributed by atoms with Crippen LogP contribution in [-0.2, 0) is 21.8 Å². The summed E-state index contributed by atoms with van der Waals surface area (Å²) in [7, 11) is -1.97. The number of rotatable bonds is 6. The minimum Gasteiger partial charge on any atom is -0.383 e. The van der Waals surface area contributed by atoms with Crippen LogP contribution in [0.2, 0.25) is 0 Å². The molecule has 3 N–H and O–H groups in total. The number of anilines is 1. The number of hydrogen-bond acceptors (Lipinski definition) is 6. The van der Waals surface area contributed by atoms with E-state index >= 15 is 0 Å². The van der Waals surface area contributed by atoms with Crippen LogP contribution >= 0.6 is 0 Å². The van der Waals surface area contributed by atoms with Gasteiger partial charge in [-0.15, -0.1) is 0 Å². The topological polar surface area (TPSA) is 102 Å². The van der Waals surface area contributed by atoms with Crippen LogP contribution in [0, 0.1) is 0 Å². The van der Waals surface area contributed by atoms with Crippen LogP contribution in [0.15, 0.2) is 11.1 Å². The summed E-state index contributed by atoms with van der Waals surface area (Å²) >= 11 is 0. The van der Waals surface area contributed by atoms with Gasteiger partial charge in [-0.25, -0.2) is 13.1 Å². The number of nitrogens with two attached hydrogens (primary N) is 1. The minimum atomic E-state index is -3.57. The molecule has 114 valence electrons. The summed E-state index contributed by atoms with van der Waals surface area (Å²) in [6, 6.07) is 0. The molecule has 1 aliphatic heterocycles. The second kappa shape index (κ2) is 6.53. The van der Waals surface area contributed by atoms with Gasteiger partial charge in [-0.2, -0.15) is 5.10 Å². The summed E-state index contributed by atoms with van der Waals surface area (Å²) in [5.41, 5.74) is 5.67. The van der Waals surface area contributed by atoms with Crippen molar-refractivity contribution >= 4 is 15.8 Å². The number of hydrogen-bond donors (Lipinski definition) is 2. The third kappa shape index (κ3) is 3.69. The van der Waals surface area contributed by atoms with Gasteiger partial charge in [0.05, 0.1) is 19.4 Å². The molecule has 1 aromatic heterocycles. The Kier molecular flexibility index (Phi) is 4.97. The maximum atomic E-state index is 12.0. The average Bonchev–Trinajstić information content (AvgIpc) is 2.77. The smallest absolute Gasteiger partial charge is 0.245 e. The van der Waals surface area contributed by atoms with Crippen molar-refractivity contribution in [3.05, 3.63) is 6.20 Å². The van der Waals surface area contributed by atoms with Crippen LogP contribution in [0.5, 0.6) is 0 Å². The SMILES string of the molecule is Cn1ncc(S(=O)(=O)NCCCN2CCOCC2)c1N. The van der Waals surface area contributed by atoms with Crippen LogP contribution in [-0.4, -0.2) is 62.5 Å². The number of morpholine rings is 1. The molecule has 0 saturated carbocycles. The first-order chi connectivity index (χ1) is 9.50. The quantitative estimate of drug-likeness (QED) is 0.654. The maximum absolute atomic E-state index is 12.0. The maximum Gasteiger partial charge on any atom is 0.245 e. The lowest BCUT2D eigenvalue weighted by molar-refractivity contribution is 0.0376. The molecule has 1 aromatic rings. The molecule has 2 rings (SSSR count). The van der Waals surface area contributed by atoms with Crippen LogP contribution in [0.3, 0.4) is 0 Å². The van der Waals surface area contributed by atoms with Crippen molar-refractivity contribution < 1.29 is 13.2 Å².